The standard InChI is InChI=1S/C20H25NO2/c1-15-9-10-18(13-16(15)2)11-12-20(22)21-17(3)14-23-19-7-5-4-6-8-19/h4-10,13,17H,11-12,14H2,1-3H3,(H,21,22). The quantitative estimate of drug-likeness (QED) is 0.844. The molecule has 0 spiro atoms. The number of carbonyl (C=O) groups excluding carboxylic acids is 1. The van der Waals surface area contributed by atoms with E-state index in [1.54, 1.807) is 0 Å². The van der Waals surface area contributed by atoms with Gasteiger partial charge in [0.15, 0.2) is 0 Å². The predicted molar refractivity (Wildman–Crippen MR) is 93.8 cm³/mol. The van der Waals surface area contributed by atoms with Crippen LogP contribution in [0.2, 0.25) is 0 Å². The van der Waals surface area contributed by atoms with Crippen LogP contribution in [0.5, 0.6) is 5.75 Å². The van der Waals surface area contributed by atoms with Crippen LogP contribution in [0, 0.1) is 13.8 Å². The molecule has 122 valence electrons. The molecule has 0 fully saturated rings. The average molecular weight is 311 g/mol. The second kappa shape index (κ2) is 8.37. The Hall–Kier alpha value is -2.29. The van der Waals surface area contributed by atoms with Crippen molar-refractivity contribution < 1.29 is 9.53 Å². The van der Waals surface area contributed by atoms with Crippen LogP contribution < -0.4 is 10.1 Å². The van der Waals surface area contributed by atoms with E-state index < -0.39 is 0 Å². The van der Waals surface area contributed by atoms with Crippen molar-refractivity contribution >= 4 is 5.91 Å². The van der Waals surface area contributed by atoms with Gasteiger partial charge in [-0.2, -0.15) is 0 Å². The zero-order valence-electron chi connectivity index (χ0n) is 14.1. The maximum absolute atomic E-state index is 12.0. The number of hydrogen-bond acceptors (Lipinski definition) is 2. The van der Waals surface area contributed by atoms with Crippen molar-refractivity contribution in [3.63, 3.8) is 0 Å². The Labute approximate surface area is 138 Å². The van der Waals surface area contributed by atoms with Gasteiger partial charge in [-0.15, -0.1) is 0 Å². The van der Waals surface area contributed by atoms with Gasteiger partial charge in [0.1, 0.15) is 12.4 Å². The molecule has 3 heteroatoms. The van der Waals surface area contributed by atoms with E-state index in [2.05, 4.69) is 37.4 Å². The minimum Gasteiger partial charge on any atom is -0.491 e. The molecule has 23 heavy (non-hydrogen) atoms. The van der Waals surface area contributed by atoms with Gasteiger partial charge < -0.3 is 10.1 Å². The molecule has 1 unspecified atom stereocenters. The molecule has 1 atom stereocenters. The van der Waals surface area contributed by atoms with Gasteiger partial charge in [0.25, 0.3) is 0 Å². The lowest BCUT2D eigenvalue weighted by atomic mass is 10.0. The first-order chi connectivity index (χ1) is 11.0. The topological polar surface area (TPSA) is 38.3 Å². The summed E-state index contributed by atoms with van der Waals surface area (Å²) in [5, 5.41) is 2.98. The molecule has 0 radical (unpaired) electrons. The number of aryl methyl sites for hydroxylation is 3. The van der Waals surface area contributed by atoms with Gasteiger partial charge in [-0.1, -0.05) is 36.4 Å². The Bertz CT molecular complexity index is 637. The van der Waals surface area contributed by atoms with E-state index in [-0.39, 0.29) is 11.9 Å². The smallest absolute Gasteiger partial charge is 0.220 e. The Balaban J connectivity index is 1.72. The fourth-order valence-electron chi connectivity index (χ4n) is 2.34. The van der Waals surface area contributed by atoms with Crippen LogP contribution in [-0.2, 0) is 11.2 Å². The Morgan fingerprint density at radius 3 is 2.52 bits per heavy atom. The molecule has 2 aromatic rings. The first-order valence-corrected chi connectivity index (χ1v) is 8.08. The van der Waals surface area contributed by atoms with Crippen LogP contribution in [0.1, 0.15) is 30.0 Å². The molecule has 0 saturated heterocycles. The van der Waals surface area contributed by atoms with E-state index in [1.807, 2.05) is 37.3 Å². The van der Waals surface area contributed by atoms with E-state index in [4.69, 9.17) is 4.74 Å². The molecule has 0 aromatic heterocycles. The van der Waals surface area contributed by atoms with Crippen LogP contribution in [0.3, 0.4) is 0 Å². The van der Waals surface area contributed by atoms with Crippen molar-refractivity contribution in [1.29, 1.82) is 0 Å². The zero-order chi connectivity index (χ0) is 16.7. The molecule has 1 amide bonds. The molecule has 0 aliphatic carbocycles. The lowest BCUT2D eigenvalue weighted by Gasteiger charge is -2.15. The molecular formula is C20H25NO2. The normalized spacial score (nSPS) is 11.8. The third kappa shape index (κ3) is 5.78. The number of carbonyl (C=O) groups is 1. The Morgan fingerprint density at radius 1 is 1.09 bits per heavy atom. The number of rotatable bonds is 7. The molecule has 1 N–H and O–H groups in total. The Morgan fingerprint density at radius 2 is 1.83 bits per heavy atom. The second-order valence-electron chi connectivity index (χ2n) is 6.01. The number of ether oxygens (including phenoxy) is 1. The van der Waals surface area contributed by atoms with Crippen LogP contribution in [0.25, 0.3) is 0 Å². The van der Waals surface area contributed by atoms with Crippen molar-refractivity contribution in [3.8, 4) is 5.75 Å². The fourth-order valence-corrected chi connectivity index (χ4v) is 2.34. The molecule has 0 aliphatic rings. The van der Waals surface area contributed by atoms with Crippen molar-refractivity contribution in [2.24, 2.45) is 0 Å². The SMILES string of the molecule is Cc1ccc(CCC(=O)NC(C)COc2ccccc2)cc1C. The maximum atomic E-state index is 12.0. The van der Waals surface area contributed by atoms with Gasteiger partial charge in [-0.3, -0.25) is 4.79 Å². The minimum atomic E-state index is -0.0116. The molecule has 0 saturated carbocycles. The van der Waals surface area contributed by atoms with Gasteiger partial charge in [-0.05, 0) is 56.0 Å². The number of benzene rings is 2. The molecule has 2 rings (SSSR count). The lowest BCUT2D eigenvalue weighted by Crippen LogP contribution is -2.36. The van der Waals surface area contributed by atoms with Crippen LogP contribution in [-0.4, -0.2) is 18.6 Å². The summed E-state index contributed by atoms with van der Waals surface area (Å²) < 4.78 is 5.65. The van der Waals surface area contributed by atoms with E-state index in [1.165, 1.54) is 16.7 Å². The number of amides is 1. The highest BCUT2D eigenvalue weighted by molar-refractivity contribution is 5.76. The predicted octanol–water partition coefficient (Wildman–Crippen LogP) is 3.82. The van der Waals surface area contributed by atoms with Crippen LogP contribution >= 0.6 is 0 Å². The summed E-state index contributed by atoms with van der Waals surface area (Å²) in [6.07, 6.45) is 1.26. The van der Waals surface area contributed by atoms with E-state index in [0.29, 0.717) is 13.0 Å². The summed E-state index contributed by atoms with van der Waals surface area (Å²) in [6.45, 7) is 6.62. The van der Waals surface area contributed by atoms with Gasteiger partial charge in [0.2, 0.25) is 5.91 Å². The van der Waals surface area contributed by atoms with E-state index in [0.717, 1.165) is 12.2 Å². The van der Waals surface area contributed by atoms with Crippen molar-refractivity contribution in [3.05, 3.63) is 65.2 Å². The molecular weight excluding hydrogens is 286 g/mol. The van der Waals surface area contributed by atoms with Gasteiger partial charge in [-0.25, -0.2) is 0 Å². The third-order valence-corrected chi connectivity index (χ3v) is 3.86. The molecule has 3 nitrogen and oxygen atoms in total. The first kappa shape index (κ1) is 17.1. The monoisotopic (exact) mass is 311 g/mol. The molecule has 2 aromatic carbocycles. The fraction of sp³-hybridized carbons (Fsp3) is 0.350. The van der Waals surface area contributed by atoms with Crippen molar-refractivity contribution in [1.82, 2.24) is 5.32 Å². The molecule has 0 bridgehead atoms. The van der Waals surface area contributed by atoms with Crippen LogP contribution in [0.15, 0.2) is 48.5 Å². The summed E-state index contributed by atoms with van der Waals surface area (Å²) in [7, 11) is 0. The minimum absolute atomic E-state index is 0.0116. The number of nitrogens with one attached hydrogen (secondary N) is 1. The van der Waals surface area contributed by atoms with Crippen molar-refractivity contribution in [2.45, 2.75) is 39.7 Å². The summed E-state index contributed by atoms with van der Waals surface area (Å²) in [5.41, 5.74) is 3.76. The maximum Gasteiger partial charge on any atom is 0.220 e. The van der Waals surface area contributed by atoms with E-state index >= 15 is 0 Å². The highest BCUT2D eigenvalue weighted by Crippen LogP contribution is 2.12. The first-order valence-electron chi connectivity index (χ1n) is 8.08. The number of hydrogen-bond donors (Lipinski definition) is 1. The summed E-state index contributed by atoms with van der Waals surface area (Å²) in [5.74, 6) is 0.885. The van der Waals surface area contributed by atoms with Gasteiger partial charge in [0.05, 0.1) is 6.04 Å². The lowest BCUT2D eigenvalue weighted by molar-refractivity contribution is -0.121. The summed E-state index contributed by atoms with van der Waals surface area (Å²) in [6, 6.07) is 16.0. The zero-order valence-corrected chi connectivity index (χ0v) is 14.1. The van der Waals surface area contributed by atoms with E-state index in [9.17, 15) is 4.79 Å². The van der Waals surface area contributed by atoms with Crippen molar-refractivity contribution in [2.75, 3.05) is 6.61 Å². The largest absolute Gasteiger partial charge is 0.491 e. The molecule has 0 heterocycles. The van der Waals surface area contributed by atoms with Crippen LogP contribution in [0.4, 0.5) is 0 Å². The summed E-state index contributed by atoms with van der Waals surface area (Å²) in [4.78, 5) is 12.0. The second-order valence-corrected chi connectivity index (χ2v) is 6.01. The highest BCUT2D eigenvalue weighted by Gasteiger charge is 2.08. The average Bonchev–Trinajstić information content (AvgIpc) is 2.55. The number of para-hydroxylation sites is 1. The van der Waals surface area contributed by atoms with Gasteiger partial charge in [0, 0.05) is 6.42 Å². The molecule has 0 aliphatic heterocycles. The Kier molecular flexibility index (Phi) is 6.21. The third-order valence-electron chi connectivity index (χ3n) is 3.86. The highest BCUT2D eigenvalue weighted by atomic mass is 16.5. The summed E-state index contributed by atoms with van der Waals surface area (Å²) >= 11 is 0. The van der Waals surface area contributed by atoms with Gasteiger partial charge >= 0.3 is 0 Å².